The van der Waals surface area contributed by atoms with Crippen LogP contribution in [0, 0.1) is 5.92 Å². The Bertz CT molecular complexity index is 172. The van der Waals surface area contributed by atoms with Crippen molar-refractivity contribution in [1.82, 2.24) is 5.32 Å². The Morgan fingerprint density at radius 2 is 2.08 bits per heavy atom. The average molecular weight is 194 g/mol. The maximum atomic E-state index is 12.5. The topological polar surface area (TPSA) is 55.1 Å². The second kappa shape index (κ2) is 5.11. The van der Waals surface area contributed by atoms with E-state index in [1.807, 2.05) is 13.8 Å². The Hall–Kier alpha value is -0.710. The number of primary amides is 1. The second-order valence-electron chi connectivity index (χ2n) is 3.43. The summed E-state index contributed by atoms with van der Waals surface area (Å²) < 4.78 is 25.1. The molecule has 0 aliphatic carbocycles. The van der Waals surface area contributed by atoms with Crippen LogP contribution in [0.15, 0.2) is 0 Å². The molecule has 3 nitrogen and oxygen atoms in total. The van der Waals surface area contributed by atoms with Gasteiger partial charge in [-0.15, -0.1) is 0 Å². The second-order valence-corrected chi connectivity index (χ2v) is 3.43. The minimum atomic E-state index is -3.43. The predicted molar refractivity (Wildman–Crippen MR) is 46.5 cm³/mol. The van der Waals surface area contributed by atoms with Crippen molar-refractivity contribution >= 4 is 5.91 Å². The number of nitrogens with two attached hydrogens (primary N) is 1. The van der Waals surface area contributed by atoms with Crippen LogP contribution in [-0.2, 0) is 4.79 Å². The van der Waals surface area contributed by atoms with Crippen molar-refractivity contribution in [3.63, 3.8) is 0 Å². The lowest BCUT2D eigenvalue weighted by Crippen LogP contribution is -2.44. The summed E-state index contributed by atoms with van der Waals surface area (Å²) in [5, 5.41) is 2.49. The zero-order valence-corrected chi connectivity index (χ0v) is 7.94. The molecule has 0 aliphatic heterocycles. The molecule has 0 spiro atoms. The number of nitrogens with one attached hydrogen (secondary N) is 1. The van der Waals surface area contributed by atoms with E-state index in [1.165, 1.54) is 0 Å². The van der Waals surface area contributed by atoms with Gasteiger partial charge in [-0.2, -0.15) is 8.78 Å². The summed E-state index contributed by atoms with van der Waals surface area (Å²) in [5.74, 6) is -4.56. The van der Waals surface area contributed by atoms with Crippen molar-refractivity contribution in [3.05, 3.63) is 0 Å². The molecule has 0 saturated carbocycles. The third-order valence-electron chi connectivity index (χ3n) is 1.61. The fourth-order valence-electron chi connectivity index (χ4n) is 0.723. The lowest BCUT2D eigenvalue weighted by molar-refractivity contribution is -0.141. The molecule has 0 heterocycles. The number of amides is 1. The van der Waals surface area contributed by atoms with E-state index in [4.69, 9.17) is 0 Å². The third kappa shape index (κ3) is 5.52. The average Bonchev–Trinajstić information content (AvgIpc) is 1.97. The first-order valence-corrected chi connectivity index (χ1v) is 4.24. The maximum Gasteiger partial charge on any atom is 0.336 e. The normalized spacial score (nSPS) is 12.1. The Morgan fingerprint density at radius 3 is 2.46 bits per heavy atom. The van der Waals surface area contributed by atoms with Gasteiger partial charge in [0.15, 0.2) is 0 Å². The molecule has 3 N–H and O–H groups in total. The monoisotopic (exact) mass is 194 g/mol. The number of hydrogen-bond acceptors (Lipinski definition) is 2. The molecule has 0 bridgehead atoms. The van der Waals surface area contributed by atoms with Crippen molar-refractivity contribution in [2.24, 2.45) is 11.7 Å². The Morgan fingerprint density at radius 1 is 1.54 bits per heavy atom. The smallest absolute Gasteiger partial charge is 0.336 e. The molecule has 5 heteroatoms. The Balaban J connectivity index is 3.58. The summed E-state index contributed by atoms with van der Waals surface area (Å²) in [6, 6.07) is 0. The van der Waals surface area contributed by atoms with E-state index in [9.17, 15) is 13.6 Å². The first kappa shape index (κ1) is 12.3. The van der Waals surface area contributed by atoms with Gasteiger partial charge in [0.25, 0.3) is 5.91 Å². The van der Waals surface area contributed by atoms with Crippen LogP contribution in [-0.4, -0.2) is 24.9 Å². The standard InChI is InChI=1S/C8H16F2N2O/c1-6(2)3-4-12-5-8(9,10)7(11)13/h6,12H,3-5H2,1-2H3,(H2,11,13). The lowest BCUT2D eigenvalue weighted by atomic mass is 10.1. The molecular formula is C8H16F2N2O. The van der Waals surface area contributed by atoms with Gasteiger partial charge in [-0.25, -0.2) is 0 Å². The van der Waals surface area contributed by atoms with Crippen LogP contribution >= 0.6 is 0 Å². The Kier molecular flexibility index (Phi) is 4.83. The first-order chi connectivity index (χ1) is 5.86. The largest absolute Gasteiger partial charge is 0.364 e. The van der Waals surface area contributed by atoms with Crippen LogP contribution in [0.2, 0.25) is 0 Å². The van der Waals surface area contributed by atoms with Gasteiger partial charge in [-0.05, 0) is 18.9 Å². The van der Waals surface area contributed by atoms with Gasteiger partial charge in [-0.1, -0.05) is 13.8 Å². The van der Waals surface area contributed by atoms with Crippen molar-refractivity contribution in [3.8, 4) is 0 Å². The summed E-state index contributed by atoms with van der Waals surface area (Å²) in [6.45, 7) is 3.79. The van der Waals surface area contributed by atoms with Gasteiger partial charge < -0.3 is 11.1 Å². The van der Waals surface area contributed by atoms with Crippen LogP contribution in [0.1, 0.15) is 20.3 Å². The van der Waals surface area contributed by atoms with Crippen LogP contribution in [0.25, 0.3) is 0 Å². The van der Waals surface area contributed by atoms with E-state index in [2.05, 4.69) is 11.1 Å². The van der Waals surface area contributed by atoms with Crippen LogP contribution < -0.4 is 11.1 Å². The molecule has 0 atom stereocenters. The van der Waals surface area contributed by atoms with Crippen LogP contribution in [0.3, 0.4) is 0 Å². The van der Waals surface area contributed by atoms with Crippen molar-refractivity contribution in [1.29, 1.82) is 0 Å². The van der Waals surface area contributed by atoms with Crippen LogP contribution in [0.4, 0.5) is 8.78 Å². The fraction of sp³-hybridized carbons (Fsp3) is 0.875. The van der Waals surface area contributed by atoms with E-state index in [-0.39, 0.29) is 0 Å². The molecule has 13 heavy (non-hydrogen) atoms. The molecule has 0 unspecified atom stereocenters. The highest BCUT2D eigenvalue weighted by molar-refractivity contribution is 5.81. The molecule has 0 radical (unpaired) electrons. The SMILES string of the molecule is CC(C)CCNCC(F)(F)C(N)=O. The van der Waals surface area contributed by atoms with Gasteiger partial charge in [-0.3, -0.25) is 4.79 Å². The van der Waals surface area contributed by atoms with Gasteiger partial charge in [0.1, 0.15) is 0 Å². The summed E-state index contributed by atoms with van der Waals surface area (Å²) >= 11 is 0. The zero-order chi connectivity index (χ0) is 10.5. The zero-order valence-electron chi connectivity index (χ0n) is 7.94. The molecule has 0 aromatic carbocycles. The number of carbonyl (C=O) groups excluding carboxylic acids is 1. The minimum absolute atomic E-state index is 0.453. The highest BCUT2D eigenvalue weighted by atomic mass is 19.3. The molecule has 0 aromatic heterocycles. The summed E-state index contributed by atoms with van der Waals surface area (Å²) in [5.41, 5.74) is 4.48. The molecule has 1 amide bonds. The number of halogens is 2. The maximum absolute atomic E-state index is 12.5. The van der Waals surface area contributed by atoms with E-state index >= 15 is 0 Å². The van der Waals surface area contributed by atoms with E-state index in [0.717, 1.165) is 6.42 Å². The molecule has 78 valence electrons. The predicted octanol–water partition coefficient (Wildman–Crippen LogP) is 0.743. The quantitative estimate of drug-likeness (QED) is 0.613. The third-order valence-corrected chi connectivity index (χ3v) is 1.61. The summed E-state index contributed by atoms with van der Waals surface area (Å²) in [6.07, 6.45) is 0.800. The molecule has 0 aliphatic rings. The number of carbonyl (C=O) groups is 1. The van der Waals surface area contributed by atoms with Crippen molar-refractivity contribution in [2.45, 2.75) is 26.2 Å². The van der Waals surface area contributed by atoms with E-state index in [1.54, 1.807) is 0 Å². The first-order valence-electron chi connectivity index (χ1n) is 4.24. The summed E-state index contributed by atoms with van der Waals surface area (Å²) in [4.78, 5) is 10.2. The van der Waals surface area contributed by atoms with Gasteiger partial charge in [0, 0.05) is 0 Å². The number of rotatable bonds is 6. The van der Waals surface area contributed by atoms with Crippen molar-refractivity contribution < 1.29 is 13.6 Å². The number of hydrogen-bond donors (Lipinski definition) is 2. The lowest BCUT2D eigenvalue weighted by Gasteiger charge is -2.13. The van der Waals surface area contributed by atoms with Gasteiger partial charge in [0.2, 0.25) is 0 Å². The molecular weight excluding hydrogens is 178 g/mol. The van der Waals surface area contributed by atoms with Crippen molar-refractivity contribution in [2.75, 3.05) is 13.1 Å². The van der Waals surface area contributed by atoms with Gasteiger partial charge in [0.05, 0.1) is 6.54 Å². The van der Waals surface area contributed by atoms with Crippen LogP contribution in [0.5, 0.6) is 0 Å². The molecule has 0 saturated heterocycles. The van der Waals surface area contributed by atoms with E-state index in [0.29, 0.717) is 12.5 Å². The fourth-order valence-corrected chi connectivity index (χ4v) is 0.723. The summed E-state index contributed by atoms with van der Waals surface area (Å²) in [7, 11) is 0. The minimum Gasteiger partial charge on any atom is -0.364 e. The highest BCUT2D eigenvalue weighted by Gasteiger charge is 2.35. The molecule has 0 aromatic rings. The van der Waals surface area contributed by atoms with Gasteiger partial charge >= 0.3 is 5.92 Å². The molecule has 0 rings (SSSR count). The number of alkyl halides is 2. The Labute approximate surface area is 76.7 Å². The highest BCUT2D eigenvalue weighted by Crippen LogP contribution is 2.10. The van der Waals surface area contributed by atoms with E-state index < -0.39 is 18.4 Å². The molecule has 0 fully saturated rings.